The summed E-state index contributed by atoms with van der Waals surface area (Å²) in [6, 6.07) is 17.4. The highest BCUT2D eigenvalue weighted by atomic mass is 16.1. The molecule has 2 aromatic heterocycles. The molecule has 0 atom stereocenters. The van der Waals surface area contributed by atoms with Crippen molar-refractivity contribution >= 4 is 34.1 Å². The quantitative estimate of drug-likeness (QED) is 0.569. The predicted molar refractivity (Wildman–Crippen MR) is 106 cm³/mol. The maximum Gasteiger partial charge on any atom is 0.258 e. The molecule has 0 unspecified atom stereocenters. The molecule has 27 heavy (non-hydrogen) atoms. The maximum absolute atomic E-state index is 12.3. The molecule has 6 nitrogen and oxygen atoms in total. The molecule has 2 heterocycles. The summed E-state index contributed by atoms with van der Waals surface area (Å²) in [4.78, 5) is 25.2. The van der Waals surface area contributed by atoms with Crippen LogP contribution in [0.25, 0.3) is 10.9 Å². The van der Waals surface area contributed by atoms with Gasteiger partial charge in [0, 0.05) is 29.7 Å². The van der Waals surface area contributed by atoms with E-state index in [0.29, 0.717) is 11.5 Å². The van der Waals surface area contributed by atoms with E-state index in [0.717, 1.165) is 27.8 Å². The summed E-state index contributed by atoms with van der Waals surface area (Å²) in [5, 5.41) is 7.02. The molecule has 0 aliphatic rings. The molecule has 4 aromatic rings. The third-order valence-electron chi connectivity index (χ3n) is 4.07. The molecule has 132 valence electrons. The van der Waals surface area contributed by atoms with Gasteiger partial charge < -0.3 is 10.6 Å². The van der Waals surface area contributed by atoms with Crippen molar-refractivity contribution in [2.24, 2.45) is 0 Å². The molecule has 0 bridgehead atoms. The molecule has 0 spiro atoms. The lowest BCUT2D eigenvalue weighted by Gasteiger charge is -2.08. The van der Waals surface area contributed by atoms with Crippen molar-refractivity contribution in [1.82, 2.24) is 15.0 Å². The summed E-state index contributed by atoms with van der Waals surface area (Å²) in [7, 11) is 0. The van der Waals surface area contributed by atoms with Crippen LogP contribution >= 0.6 is 0 Å². The Kier molecular flexibility index (Phi) is 4.45. The fourth-order valence-electron chi connectivity index (χ4n) is 2.76. The lowest BCUT2D eigenvalue weighted by molar-refractivity contribution is 0.102. The zero-order chi connectivity index (χ0) is 18.6. The van der Waals surface area contributed by atoms with Gasteiger partial charge in [0.15, 0.2) is 0 Å². The Morgan fingerprint density at radius 3 is 2.52 bits per heavy atom. The molecular weight excluding hydrogens is 338 g/mol. The number of nitrogens with zero attached hydrogens (tertiary/aromatic N) is 3. The second-order valence-electron chi connectivity index (χ2n) is 6.12. The highest BCUT2D eigenvalue weighted by Gasteiger charge is 2.09. The first-order valence-corrected chi connectivity index (χ1v) is 8.50. The summed E-state index contributed by atoms with van der Waals surface area (Å²) < 4.78 is 0. The molecule has 6 heteroatoms. The van der Waals surface area contributed by atoms with Crippen LogP contribution in [0.15, 0.2) is 73.2 Å². The van der Waals surface area contributed by atoms with Crippen LogP contribution in [0.3, 0.4) is 0 Å². The number of anilines is 3. The Morgan fingerprint density at radius 1 is 0.926 bits per heavy atom. The van der Waals surface area contributed by atoms with Gasteiger partial charge in [-0.25, -0.2) is 9.97 Å². The highest BCUT2D eigenvalue weighted by Crippen LogP contribution is 2.23. The smallest absolute Gasteiger partial charge is 0.258 e. The highest BCUT2D eigenvalue weighted by molar-refractivity contribution is 6.04. The molecule has 1 amide bonds. The van der Waals surface area contributed by atoms with Crippen molar-refractivity contribution in [3.05, 3.63) is 84.3 Å². The van der Waals surface area contributed by atoms with E-state index in [1.54, 1.807) is 6.20 Å². The summed E-state index contributed by atoms with van der Waals surface area (Å²) in [5.41, 5.74) is 3.85. The standard InChI is InChI=1S/C21H17N5O/c1-14-5-2-8-17(11-14)25-20(27)16-12-23-21(24-13-16)26-18-9-3-6-15-7-4-10-22-19(15)18/h2-13H,1H3,(H,25,27)(H,23,24,26). The lowest BCUT2D eigenvalue weighted by Crippen LogP contribution is -2.13. The molecule has 2 N–H and O–H groups in total. The number of aryl methyl sites for hydroxylation is 1. The summed E-state index contributed by atoms with van der Waals surface area (Å²) in [6.07, 6.45) is 4.74. The van der Waals surface area contributed by atoms with Crippen LogP contribution in [0.2, 0.25) is 0 Å². The second-order valence-corrected chi connectivity index (χ2v) is 6.12. The van der Waals surface area contributed by atoms with Gasteiger partial charge in [0.1, 0.15) is 0 Å². The van der Waals surface area contributed by atoms with E-state index in [1.165, 1.54) is 12.4 Å². The Balaban J connectivity index is 1.51. The number of nitrogens with one attached hydrogen (secondary N) is 2. The van der Waals surface area contributed by atoms with Crippen molar-refractivity contribution in [1.29, 1.82) is 0 Å². The van der Waals surface area contributed by atoms with E-state index >= 15 is 0 Å². The number of hydrogen-bond acceptors (Lipinski definition) is 5. The number of aromatic nitrogens is 3. The maximum atomic E-state index is 12.3. The first-order chi connectivity index (χ1) is 13.2. The Labute approximate surface area is 156 Å². The molecule has 0 saturated carbocycles. The number of amides is 1. The van der Waals surface area contributed by atoms with Crippen molar-refractivity contribution in [3.8, 4) is 0 Å². The zero-order valence-electron chi connectivity index (χ0n) is 14.7. The normalized spacial score (nSPS) is 10.6. The number of para-hydroxylation sites is 1. The van der Waals surface area contributed by atoms with Gasteiger partial charge >= 0.3 is 0 Å². The minimum atomic E-state index is -0.251. The number of fused-ring (bicyclic) bond motifs is 1. The monoisotopic (exact) mass is 355 g/mol. The van der Waals surface area contributed by atoms with E-state index in [9.17, 15) is 4.79 Å². The summed E-state index contributed by atoms with van der Waals surface area (Å²) in [6.45, 7) is 1.97. The van der Waals surface area contributed by atoms with Gasteiger partial charge in [-0.05, 0) is 36.8 Å². The van der Waals surface area contributed by atoms with Gasteiger partial charge in [-0.3, -0.25) is 9.78 Å². The van der Waals surface area contributed by atoms with Gasteiger partial charge in [-0.15, -0.1) is 0 Å². The molecule has 0 saturated heterocycles. The van der Waals surface area contributed by atoms with Crippen LogP contribution in [-0.4, -0.2) is 20.9 Å². The topological polar surface area (TPSA) is 79.8 Å². The van der Waals surface area contributed by atoms with Crippen LogP contribution in [0.4, 0.5) is 17.3 Å². The molecule has 0 aliphatic carbocycles. The molecular formula is C21H17N5O. The van der Waals surface area contributed by atoms with Gasteiger partial charge in [-0.1, -0.05) is 30.3 Å². The minimum Gasteiger partial charge on any atom is -0.322 e. The Hall–Kier alpha value is -3.80. The van der Waals surface area contributed by atoms with Crippen LogP contribution in [-0.2, 0) is 0 Å². The average molecular weight is 355 g/mol. The average Bonchev–Trinajstić information content (AvgIpc) is 2.69. The first-order valence-electron chi connectivity index (χ1n) is 8.50. The van der Waals surface area contributed by atoms with Crippen molar-refractivity contribution in [3.63, 3.8) is 0 Å². The number of pyridine rings is 1. The van der Waals surface area contributed by atoms with E-state index in [-0.39, 0.29) is 5.91 Å². The number of benzene rings is 2. The number of carbonyl (C=O) groups excluding carboxylic acids is 1. The Bertz CT molecular complexity index is 1100. The fourth-order valence-corrected chi connectivity index (χ4v) is 2.76. The van der Waals surface area contributed by atoms with Crippen molar-refractivity contribution in [2.75, 3.05) is 10.6 Å². The second kappa shape index (κ2) is 7.21. The molecule has 0 radical (unpaired) electrons. The summed E-state index contributed by atoms with van der Waals surface area (Å²) in [5.74, 6) is 0.152. The molecule has 0 fully saturated rings. The lowest BCUT2D eigenvalue weighted by atomic mass is 10.2. The third-order valence-corrected chi connectivity index (χ3v) is 4.07. The predicted octanol–water partition coefficient (Wildman–Crippen LogP) is 4.33. The van der Waals surface area contributed by atoms with Gasteiger partial charge in [-0.2, -0.15) is 0 Å². The van der Waals surface area contributed by atoms with E-state index in [1.807, 2.05) is 61.5 Å². The van der Waals surface area contributed by atoms with Crippen molar-refractivity contribution in [2.45, 2.75) is 6.92 Å². The minimum absolute atomic E-state index is 0.251. The van der Waals surface area contributed by atoms with Gasteiger partial charge in [0.25, 0.3) is 5.91 Å². The van der Waals surface area contributed by atoms with Crippen molar-refractivity contribution < 1.29 is 4.79 Å². The molecule has 2 aromatic carbocycles. The molecule has 4 rings (SSSR count). The largest absolute Gasteiger partial charge is 0.322 e. The van der Waals surface area contributed by atoms with Gasteiger partial charge in [0.2, 0.25) is 5.95 Å². The van der Waals surface area contributed by atoms with Crippen LogP contribution < -0.4 is 10.6 Å². The number of rotatable bonds is 4. The third kappa shape index (κ3) is 3.74. The fraction of sp³-hybridized carbons (Fsp3) is 0.0476. The zero-order valence-corrected chi connectivity index (χ0v) is 14.7. The Morgan fingerprint density at radius 2 is 1.70 bits per heavy atom. The SMILES string of the molecule is Cc1cccc(NC(=O)c2cnc(Nc3cccc4cccnc34)nc2)c1. The van der Waals surface area contributed by atoms with E-state index in [2.05, 4.69) is 25.6 Å². The number of hydrogen-bond donors (Lipinski definition) is 2. The summed E-state index contributed by atoms with van der Waals surface area (Å²) >= 11 is 0. The number of carbonyl (C=O) groups is 1. The van der Waals surface area contributed by atoms with Crippen LogP contribution in [0.5, 0.6) is 0 Å². The van der Waals surface area contributed by atoms with Crippen LogP contribution in [0.1, 0.15) is 15.9 Å². The molecule has 0 aliphatic heterocycles. The van der Waals surface area contributed by atoms with Gasteiger partial charge in [0.05, 0.1) is 16.8 Å². The first kappa shape index (κ1) is 16.7. The van der Waals surface area contributed by atoms with Crippen LogP contribution in [0, 0.1) is 6.92 Å². The van der Waals surface area contributed by atoms with E-state index in [4.69, 9.17) is 0 Å². The van der Waals surface area contributed by atoms with E-state index < -0.39 is 0 Å².